The zero-order chi connectivity index (χ0) is 12.4. The Hall–Kier alpha value is -2.15. The van der Waals surface area contributed by atoms with Crippen LogP contribution in [-0.2, 0) is 9.59 Å². The third kappa shape index (κ3) is 2.51. The molecule has 1 aromatic heterocycles. The van der Waals surface area contributed by atoms with Crippen molar-refractivity contribution in [2.45, 2.75) is 12.5 Å². The van der Waals surface area contributed by atoms with Crippen molar-refractivity contribution in [3.8, 4) is 5.75 Å². The van der Waals surface area contributed by atoms with Gasteiger partial charge in [-0.25, -0.2) is 4.98 Å². The number of fused-ring (bicyclic) bond motifs is 1. The molecule has 1 atom stereocenters. The van der Waals surface area contributed by atoms with E-state index in [0.717, 1.165) is 0 Å². The molecule has 1 unspecified atom stereocenters. The van der Waals surface area contributed by atoms with E-state index in [1.807, 2.05) is 0 Å². The highest BCUT2D eigenvalue weighted by molar-refractivity contribution is 5.94. The fourth-order valence-corrected chi connectivity index (χ4v) is 1.48. The molecule has 2 heterocycles. The van der Waals surface area contributed by atoms with Gasteiger partial charge in [0.1, 0.15) is 0 Å². The molecule has 1 aliphatic heterocycles. The summed E-state index contributed by atoms with van der Waals surface area (Å²) in [6, 6.07) is 0.946. The van der Waals surface area contributed by atoms with Crippen LogP contribution in [0, 0.1) is 0 Å². The van der Waals surface area contributed by atoms with Crippen LogP contribution in [0.2, 0.25) is 0 Å². The van der Waals surface area contributed by atoms with Crippen LogP contribution in [-0.4, -0.2) is 28.6 Å². The molecule has 17 heavy (non-hydrogen) atoms. The molecule has 1 aromatic rings. The first-order valence-corrected chi connectivity index (χ1v) is 4.96. The number of carboxylic acids is 1. The van der Waals surface area contributed by atoms with Crippen LogP contribution in [0.15, 0.2) is 12.3 Å². The van der Waals surface area contributed by atoms with E-state index in [9.17, 15) is 9.59 Å². The minimum absolute atomic E-state index is 0.0771. The fraction of sp³-hybridized carbons (Fsp3) is 0.300. The SMILES string of the molecule is NC(CC(=O)O)c1cnc2c(c1)OCC(=O)N2. The van der Waals surface area contributed by atoms with Gasteiger partial charge in [-0.05, 0) is 11.6 Å². The smallest absolute Gasteiger partial charge is 0.305 e. The summed E-state index contributed by atoms with van der Waals surface area (Å²) in [5, 5.41) is 11.2. The summed E-state index contributed by atoms with van der Waals surface area (Å²) in [5.74, 6) is -0.521. The summed E-state index contributed by atoms with van der Waals surface area (Å²) in [5.41, 5.74) is 6.25. The number of anilines is 1. The molecule has 0 spiro atoms. The monoisotopic (exact) mass is 237 g/mol. The quantitative estimate of drug-likeness (QED) is 0.675. The van der Waals surface area contributed by atoms with Crippen molar-refractivity contribution in [2.75, 3.05) is 11.9 Å². The maximum absolute atomic E-state index is 11.0. The van der Waals surface area contributed by atoms with Crippen molar-refractivity contribution in [2.24, 2.45) is 5.73 Å². The molecule has 0 saturated carbocycles. The fourth-order valence-electron chi connectivity index (χ4n) is 1.48. The standard InChI is InChI=1S/C10H11N3O4/c11-6(2-9(15)16)5-1-7-10(12-3-5)13-8(14)4-17-7/h1,3,6H,2,4,11H2,(H,15,16)(H,12,13,14). The molecule has 7 nitrogen and oxygen atoms in total. The van der Waals surface area contributed by atoms with Gasteiger partial charge in [0.15, 0.2) is 18.2 Å². The van der Waals surface area contributed by atoms with E-state index < -0.39 is 12.0 Å². The molecule has 0 fully saturated rings. The Morgan fingerprint density at radius 1 is 1.71 bits per heavy atom. The lowest BCUT2D eigenvalue weighted by Crippen LogP contribution is -2.26. The van der Waals surface area contributed by atoms with Crippen molar-refractivity contribution < 1.29 is 19.4 Å². The van der Waals surface area contributed by atoms with Crippen LogP contribution in [0.25, 0.3) is 0 Å². The number of hydrogen-bond acceptors (Lipinski definition) is 5. The Bertz CT molecular complexity index is 475. The third-order valence-corrected chi connectivity index (χ3v) is 2.31. The van der Waals surface area contributed by atoms with Crippen molar-refractivity contribution in [3.05, 3.63) is 17.8 Å². The van der Waals surface area contributed by atoms with E-state index in [0.29, 0.717) is 17.1 Å². The van der Waals surface area contributed by atoms with Crippen LogP contribution in [0.5, 0.6) is 5.75 Å². The average molecular weight is 237 g/mol. The van der Waals surface area contributed by atoms with Gasteiger partial charge in [0, 0.05) is 12.2 Å². The van der Waals surface area contributed by atoms with Gasteiger partial charge in [-0.3, -0.25) is 9.59 Å². The Labute approximate surface area is 96.6 Å². The summed E-state index contributed by atoms with van der Waals surface area (Å²) < 4.78 is 5.15. The van der Waals surface area contributed by atoms with Gasteiger partial charge in [-0.1, -0.05) is 0 Å². The number of pyridine rings is 1. The molecule has 0 aromatic carbocycles. The van der Waals surface area contributed by atoms with E-state index in [1.165, 1.54) is 6.20 Å². The molecule has 1 aliphatic rings. The molecular formula is C10H11N3O4. The minimum Gasteiger partial charge on any atom is -0.481 e. The average Bonchev–Trinajstić information content (AvgIpc) is 2.27. The lowest BCUT2D eigenvalue weighted by Gasteiger charge is -2.18. The second kappa shape index (κ2) is 4.38. The van der Waals surface area contributed by atoms with Crippen molar-refractivity contribution >= 4 is 17.7 Å². The van der Waals surface area contributed by atoms with E-state index in [4.69, 9.17) is 15.6 Å². The third-order valence-electron chi connectivity index (χ3n) is 2.31. The van der Waals surface area contributed by atoms with Crippen molar-refractivity contribution in [1.29, 1.82) is 0 Å². The highest BCUT2D eigenvalue weighted by Crippen LogP contribution is 2.28. The van der Waals surface area contributed by atoms with Gasteiger partial charge in [0.25, 0.3) is 5.91 Å². The first kappa shape index (κ1) is 11.3. The van der Waals surface area contributed by atoms with E-state index >= 15 is 0 Å². The zero-order valence-corrected chi connectivity index (χ0v) is 8.84. The number of nitrogens with one attached hydrogen (secondary N) is 1. The van der Waals surface area contributed by atoms with Crippen LogP contribution >= 0.6 is 0 Å². The Morgan fingerprint density at radius 2 is 2.47 bits per heavy atom. The van der Waals surface area contributed by atoms with Crippen LogP contribution in [0.3, 0.4) is 0 Å². The highest BCUT2D eigenvalue weighted by atomic mass is 16.5. The van der Waals surface area contributed by atoms with Crippen LogP contribution < -0.4 is 15.8 Å². The van der Waals surface area contributed by atoms with Crippen molar-refractivity contribution in [1.82, 2.24) is 4.98 Å². The summed E-state index contributed by atoms with van der Waals surface area (Å²) in [4.78, 5) is 25.5. The summed E-state index contributed by atoms with van der Waals surface area (Å²) in [7, 11) is 0. The van der Waals surface area contributed by atoms with E-state index in [2.05, 4.69) is 10.3 Å². The summed E-state index contributed by atoms with van der Waals surface area (Å²) in [6.45, 7) is -0.0771. The Morgan fingerprint density at radius 3 is 3.18 bits per heavy atom. The number of nitrogens with zero attached hydrogens (tertiary/aromatic N) is 1. The second-order valence-corrected chi connectivity index (χ2v) is 3.66. The number of aliphatic carboxylic acids is 1. The predicted molar refractivity (Wildman–Crippen MR) is 57.5 cm³/mol. The van der Waals surface area contributed by atoms with Crippen LogP contribution in [0.4, 0.5) is 5.82 Å². The van der Waals surface area contributed by atoms with Gasteiger partial charge in [0.2, 0.25) is 0 Å². The normalized spacial score (nSPS) is 15.5. The molecule has 0 radical (unpaired) electrons. The Balaban J connectivity index is 2.21. The summed E-state index contributed by atoms with van der Waals surface area (Å²) >= 11 is 0. The van der Waals surface area contributed by atoms with Gasteiger partial charge >= 0.3 is 5.97 Å². The number of carbonyl (C=O) groups excluding carboxylic acids is 1. The molecule has 0 bridgehead atoms. The maximum Gasteiger partial charge on any atom is 0.305 e. The first-order chi connectivity index (χ1) is 8.06. The number of ether oxygens (including phenoxy) is 1. The molecule has 90 valence electrons. The highest BCUT2D eigenvalue weighted by Gasteiger charge is 2.19. The molecule has 4 N–H and O–H groups in total. The van der Waals surface area contributed by atoms with Crippen molar-refractivity contribution in [3.63, 3.8) is 0 Å². The van der Waals surface area contributed by atoms with Crippen LogP contribution in [0.1, 0.15) is 18.0 Å². The second-order valence-electron chi connectivity index (χ2n) is 3.66. The molecule has 1 amide bonds. The number of carbonyl (C=O) groups is 2. The lowest BCUT2D eigenvalue weighted by molar-refractivity contribution is -0.137. The van der Waals surface area contributed by atoms with Gasteiger partial charge in [-0.2, -0.15) is 0 Å². The summed E-state index contributed by atoms with van der Waals surface area (Å²) in [6.07, 6.45) is 1.24. The van der Waals surface area contributed by atoms with E-state index in [-0.39, 0.29) is 18.9 Å². The molecular weight excluding hydrogens is 226 g/mol. The maximum atomic E-state index is 11.0. The van der Waals surface area contributed by atoms with Gasteiger partial charge < -0.3 is 20.9 Å². The van der Waals surface area contributed by atoms with Gasteiger partial charge in [0.05, 0.1) is 6.42 Å². The predicted octanol–water partition coefficient (Wildman–Crippen LogP) is -0.113. The molecule has 2 rings (SSSR count). The number of rotatable bonds is 3. The number of hydrogen-bond donors (Lipinski definition) is 3. The number of carboxylic acid groups (broad SMARTS) is 1. The number of nitrogens with two attached hydrogens (primary N) is 1. The number of amides is 1. The largest absolute Gasteiger partial charge is 0.481 e. The first-order valence-electron chi connectivity index (χ1n) is 4.96. The molecule has 0 saturated heterocycles. The number of aromatic nitrogens is 1. The van der Waals surface area contributed by atoms with Gasteiger partial charge in [-0.15, -0.1) is 0 Å². The lowest BCUT2D eigenvalue weighted by atomic mass is 10.1. The topological polar surface area (TPSA) is 115 Å². The minimum atomic E-state index is -0.982. The van der Waals surface area contributed by atoms with E-state index in [1.54, 1.807) is 6.07 Å². The molecule has 7 heteroatoms. The zero-order valence-electron chi connectivity index (χ0n) is 8.84. The Kier molecular flexibility index (Phi) is 2.92. The molecule has 0 aliphatic carbocycles.